The van der Waals surface area contributed by atoms with Crippen LogP contribution in [0.25, 0.3) is 0 Å². The van der Waals surface area contributed by atoms with Crippen molar-refractivity contribution < 1.29 is 23.1 Å². The summed E-state index contributed by atoms with van der Waals surface area (Å²) in [6.45, 7) is 2.21. The van der Waals surface area contributed by atoms with E-state index in [1.54, 1.807) is 24.9 Å². The highest BCUT2D eigenvalue weighted by atomic mass is 19.4. The molecule has 0 amide bonds. The lowest BCUT2D eigenvalue weighted by molar-refractivity contribution is -0.142. The molecule has 1 aromatic carbocycles. The summed E-state index contributed by atoms with van der Waals surface area (Å²) in [6, 6.07) is 4.77. The molecule has 0 aliphatic rings. The molecule has 0 aromatic heterocycles. The summed E-state index contributed by atoms with van der Waals surface area (Å²) in [4.78, 5) is 12.5. The molecule has 0 bridgehead atoms. The van der Waals surface area contributed by atoms with Gasteiger partial charge in [0, 0.05) is 0 Å². The van der Waals surface area contributed by atoms with Crippen LogP contribution in [0.2, 0.25) is 0 Å². The van der Waals surface area contributed by atoms with Crippen LogP contribution < -0.4 is 0 Å². The van der Waals surface area contributed by atoms with Crippen molar-refractivity contribution in [3.05, 3.63) is 35.4 Å². The molecule has 1 atom stereocenters. The lowest BCUT2D eigenvalue weighted by Gasteiger charge is -2.20. The van der Waals surface area contributed by atoms with E-state index >= 15 is 0 Å². The predicted molar refractivity (Wildman–Crippen MR) is 74.1 cm³/mol. The van der Waals surface area contributed by atoms with Crippen molar-refractivity contribution in [3.8, 4) is 0 Å². The minimum atomic E-state index is -4.31. The number of carbonyl (C=O) groups is 1. The molecular weight excluding hydrogens is 283 g/mol. The van der Waals surface area contributed by atoms with E-state index in [-0.39, 0.29) is 0 Å². The van der Waals surface area contributed by atoms with Gasteiger partial charge in [-0.3, -0.25) is 9.69 Å². The number of nitrogens with zero attached hydrogens (tertiary/aromatic N) is 1. The van der Waals surface area contributed by atoms with Gasteiger partial charge < -0.3 is 5.11 Å². The highest BCUT2D eigenvalue weighted by Crippen LogP contribution is 2.29. The lowest BCUT2D eigenvalue weighted by atomic mass is 10.0. The number of rotatable bonds is 7. The zero-order valence-corrected chi connectivity index (χ0v) is 12.2. The average molecular weight is 303 g/mol. The van der Waals surface area contributed by atoms with Gasteiger partial charge in [-0.1, -0.05) is 18.2 Å². The van der Waals surface area contributed by atoms with Gasteiger partial charge in [0.2, 0.25) is 0 Å². The molecule has 6 heteroatoms. The van der Waals surface area contributed by atoms with Gasteiger partial charge in [0.05, 0.1) is 5.56 Å². The van der Waals surface area contributed by atoms with Gasteiger partial charge >= 0.3 is 12.1 Å². The van der Waals surface area contributed by atoms with E-state index in [2.05, 4.69) is 0 Å². The first kappa shape index (κ1) is 17.5. The molecule has 0 heterocycles. The number of carboxylic acid groups (broad SMARTS) is 1. The zero-order chi connectivity index (χ0) is 16.0. The van der Waals surface area contributed by atoms with Crippen LogP contribution >= 0.6 is 0 Å². The fraction of sp³-hybridized carbons (Fsp3) is 0.533. The second-order valence-corrected chi connectivity index (χ2v) is 5.15. The Kier molecular flexibility index (Phi) is 6.20. The van der Waals surface area contributed by atoms with Crippen LogP contribution in [0.4, 0.5) is 13.2 Å². The summed E-state index contributed by atoms with van der Waals surface area (Å²) in [5, 5.41) is 8.85. The van der Waals surface area contributed by atoms with Crippen LogP contribution in [0.3, 0.4) is 0 Å². The molecule has 118 valence electrons. The number of halogens is 3. The number of unbranched alkanes of at least 4 members (excludes halogenated alkanes) is 1. The number of aliphatic carboxylic acids is 1. The first-order valence-corrected chi connectivity index (χ1v) is 6.81. The second-order valence-electron chi connectivity index (χ2n) is 5.15. The molecule has 1 unspecified atom stereocenters. The summed E-state index contributed by atoms with van der Waals surface area (Å²) in [5.74, 6) is -0.879. The predicted octanol–water partition coefficient (Wildman–Crippen LogP) is 3.43. The van der Waals surface area contributed by atoms with E-state index in [4.69, 9.17) is 5.11 Å². The van der Waals surface area contributed by atoms with Gasteiger partial charge in [-0.25, -0.2) is 0 Å². The molecular formula is C15H20F3NO2. The summed E-state index contributed by atoms with van der Waals surface area (Å²) < 4.78 is 37.7. The van der Waals surface area contributed by atoms with E-state index in [9.17, 15) is 18.0 Å². The van der Waals surface area contributed by atoms with E-state index in [1.807, 2.05) is 0 Å². The maximum absolute atomic E-state index is 12.6. The summed E-state index contributed by atoms with van der Waals surface area (Å²) in [7, 11) is 1.73. The van der Waals surface area contributed by atoms with Crippen molar-refractivity contribution in [1.82, 2.24) is 4.90 Å². The van der Waals surface area contributed by atoms with Crippen LogP contribution in [0.15, 0.2) is 24.3 Å². The smallest absolute Gasteiger partial charge is 0.416 e. The number of aryl methyl sites for hydroxylation is 1. The molecule has 0 radical (unpaired) electrons. The fourth-order valence-corrected chi connectivity index (χ4v) is 1.98. The number of alkyl halides is 3. The first-order chi connectivity index (χ1) is 9.71. The van der Waals surface area contributed by atoms with Crippen LogP contribution in [-0.2, 0) is 17.4 Å². The molecule has 1 aromatic rings. The minimum absolute atomic E-state index is 0.555. The Balaban J connectivity index is 2.41. The van der Waals surface area contributed by atoms with Crippen molar-refractivity contribution >= 4 is 5.97 Å². The number of hydrogen-bond donors (Lipinski definition) is 1. The van der Waals surface area contributed by atoms with Crippen LogP contribution in [0.5, 0.6) is 0 Å². The van der Waals surface area contributed by atoms with Gasteiger partial charge in [-0.15, -0.1) is 0 Å². The van der Waals surface area contributed by atoms with Crippen molar-refractivity contribution in [2.75, 3.05) is 13.6 Å². The zero-order valence-electron chi connectivity index (χ0n) is 12.2. The summed E-state index contributed by atoms with van der Waals surface area (Å²) in [5.41, 5.74) is 0.0235. The fourth-order valence-electron chi connectivity index (χ4n) is 1.98. The van der Waals surface area contributed by atoms with E-state index in [0.717, 1.165) is 18.9 Å². The Hall–Kier alpha value is -1.56. The molecule has 1 rings (SSSR count). The first-order valence-electron chi connectivity index (χ1n) is 6.81. The monoisotopic (exact) mass is 303 g/mol. The standard InChI is InChI=1S/C15H20F3NO2/c1-11(14(20)21)19(2)9-4-3-6-12-7-5-8-13(10-12)15(16,17)18/h5,7-8,10-11H,3-4,6,9H2,1-2H3,(H,20,21). The molecule has 0 aliphatic heterocycles. The third kappa shape index (κ3) is 5.75. The molecule has 0 aliphatic carbocycles. The van der Waals surface area contributed by atoms with Crippen molar-refractivity contribution in [2.45, 2.75) is 38.4 Å². The normalized spacial score (nSPS) is 13.4. The van der Waals surface area contributed by atoms with E-state index in [0.29, 0.717) is 18.5 Å². The van der Waals surface area contributed by atoms with Gasteiger partial charge in [-0.05, 0) is 51.4 Å². The van der Waals surface area contributed by atoms with Gasteiger partial charge in [0.1, 0.15) is 6.04 Å². The number of likely N-dealkylation sites (N-methyl/N-ethyl adjacent to an activating group) is 1. The molecule has 21 heavy (non-hydrogen) atoms. The van der Waals surface area contributed by atoms with Crippen LogP contribution in [-0.4, -0.2) is 35.6 Å². The maximum atomic E-state index is 12.6. The highest BCUT2D eigenvalue weighted by Gasteiger charge is 2.30. The quantitative estimate of drug-likeness (QED) is 0.785. The number of carboxylic acids is 1. The topological polar surface area (TPSA) is 40.5 Å². The van der Waals surface area contributed by atoms with E-state index < -0.39 is 23.8 Å². The van der Waals surface area contributed by atoms with Crippen LogP contribution in [0.1, 0.15) is 30.9 Å². The number of hydrogen-bond acceptors (Lipinski definition) is 2. The van der Waals surface area contributed by atoms with Crippen LogP contribution in [0, 0.1) is 0 Å². The van der Waals surface area contributed by atoms with Gasteiger partial charge in [0.15, 0.2) is 0 Å². The minimum Gasteiger partial charge on any atom is -0.480 e. The highest BCUT2D eigenvalue weighted by molar-refractivity contribution is 5.72. The lowest BCUT2D eigenvalue weighted by Crippen LogP contribution is -2.36. The van der Waals surface area contributed by atoms with Crippen molar-refractivity contribution in [3.63, 3.8) is 0 Å². The Labute approximate surface area is 122 Å². The Morgan fingerprint density at radius 3 is 2.57 bits per heavy atom. The molecule has 0 fully saturated rings. The van der Waals surface area contributed by atoms with Crippen molar-refractivity contribution in [1.29, 1.82) is 0 Å². The Morgan fingerprint density at radius 2 is 2.00 bits per heavy atom. The SMILES string of the molecule is CC(C(=O)O)N(C)CCCCc1cccc(C(F)(F)F)c1. The Bertz CT molecular complexity index is 474. The third-order valence-electron chi connectivity index (χ3n) is 3.50. The van der Waals surface area contributed by atoms with Crippen molar-refractivity contribution in [2.24, 2.45) is 0 Å². The molecule has 0 spiro atoms. The maximum Gasteiger partial charge on any atom is 0.416 e. The largest absolute Gasteiger partial charge is 0.480 e. The molecule has 1 N–H and O–H groups in total. The van der Waals surface area contributed by atoms with E-state index in [1.165, 1.54) is 12.1 Å². The summed E-state index contributed by atoms with van der Waals surface area (Å²) >= 11 is 0. The Morgan fingerprint density at radius 1 is 1.33 bits per heavy atom. The summed E-state index contributed by atoms with van der Waals surface area (Å²) in [6.07, 6.45) is -2.30. The van der Waals surface area contributed by atoms with Gasteiger partial charge in [-0.2, -0.15) is 13.2 Å². The third-order valence-corrected chi connectivity index (χ3v) is 3.50. The number of benzene rings is 1. The molecule has 3 nitrogen and oxygen atoms in total. The average Bonchev–Trinajstić information content (AvgIpc) is 2.41. The van der Waals surface area contributed by atoms with Gasteiger partial charge in [0.25, 0.3) is 0 Å². The second kappa shape index (κ2) is 7.45. The molecule has 0 saturated heterocycles. The molecule has 0 saturated carbocycles.